The van der Waals surface area contributed by atoms with Crippen molar-refractivity contribution in [1.29, 1.82) is 0 Å². The highest BCUT2D eigenvalue weighted by atomic mass is 35.5. The Bertz CT molecular complexity index is 897. The van der Waals surface area contributed by atoms with Crippen LogP contribution in [0, 0.1) is 0 Å². The molecule has 0 aliphatic heterocycles. The molecule has 0 fully saturated rings. The molecule has 0 saturated carbocycles. The Kier molecular flexibility index (Phi) is 7.34. The van der Waals surface area contributed by atoms with Crippen LogP contribution in [0.3, 0.4) is 0 Å². The molecule has 28 heavy (non-hydrogen) atoms. The van der Waals surface area contributed by atoms with Gasteiger partial charge in [-0.2, -0.15) is 5.10 Å². The lowest BCUT2D eigenvalue weighted by Gasteiger charge is -2.09. The summed E-state index contributed by atoms with van der Waals surface area (Å²) in [5.74, 6) is 0.544. The molecule has 0 aliphatic carbocycles. The molecule has 0 saturated heterocycles. The van der Waals surface area contributed by atoms with Crippen molar-refractivity contribution in [2.75, 3.05) is 13.2 Å². The van der Waals surface area contributed by atoms with E-state index in [0.29, 0.717) is 41.8 Å². The highest BCUT2D eigenvalue weighted by molar-refractivity contribution is 6.42. The van der Waals surface area contributed by atoms with Gasteiger partial charge in [-0.1, -0.05) is 41.4 Å². The predicted octanol–water partition coefficient (Wildman–Crippen LogP) is 4.70. The number of benzene rings is 2. The van der Waals surface area contributed by atoms with Crippen LogP contribution in [0.15, 0.2) is 60.9 Å². The zero-order chi connectivity index (χ0) is 19.8. The van der Waals surface area contributed by atoms with Crippen LogP contribution in [0.5, 0.6) is 5.75 Å². The fourth-order valence-electron chi connectivity index (χ4n) is 2.68. The highest BCUT2D eigenvalue weighted by Crippen LogP contribution is 2.31. The number of carbonyl (C=O) groups is 1. The first-order valence-electron chi connectivity index (χ1n) is 9.06. The molecule has 0 bridgehead atoms. The first kappa shape index (κ1) is 20.2. The van der Waals surface area contributed by atoms with Crippen LogP contribution >= 0.6 is 23.2 Å². The van der Waals surface area contributed by atoms with Crippen LogP contribution in [-0.2, 0) is 11.2 Å². The van der Waals surface area contributed by atoms with Gasteiger partial charge >= 0.3 is 0 Å². The third-order valence-corrected chi connectivity index (χ3v) is 4.96. The first-order chi connectivity index (χ1) is 13.6. The minimum Gasteiger partial charge on any atom is -0.492 e. The molecule has 0 spiro atoms. The zero-order valence-corrected chi connectivity index (χ0v) is 16.8. The molecule has 1 amide bonds. The Labute approximate surface area is 174 Å². The molecule has 5 nitrogen and oxygen atoms in total. The fourth-order valence-corrected chi connectivity index (χ4v) is 3.03. The van der Waals surface area contributed by atoms with Crippen LogP contribution in [0.2, 0.25) is 10.0 Å². The SMILES string of the molecule is O=C(CCCOc1cccc(Cl)c1Cl)NCCc1ccc(-n2cccn2)cc1. The average molecular weight is 418 g/mol. The molecule has 0 atom stereocenters. The lowest BCUT2D eigenvalue weighted by Crippen LogP contribution is -2.25. The minimum absolute atomic E-state index is 0.00829. The maximum absolute atomic E-state index is 11.9. The number of nitrogens with zero attached hydrogens (tertiary/aromatic N) is 2. The topological polar surface area (TPSA) is 56.1 Å². The molecule has 1 N–H and O–H groups in total. The number of rotatable bonds is 9. The Balaban J connectivity index is 1.33. The Morgan fingerprint density at radius 1 is 1.11 bits per heavy atom. The molecule has 146 valence electrons. The van der Waals surface area contributed by atoms with Crippen molar-refractivity contribution in [3.63, 3.8) is 0 Å². The number of aromatic nitrogens is 2. The van der Waals surface area contributed by atoms with E-state index in [1.165, 1.54) is 0 Å². The molecule has 7 heteroatoms. The molecule has 0 aliphatic rings. The largest absolute Gasteiger partial charge is 0.492 e. The lowest BCUT2D eigenvalue weighted by molar-refractivity contribution is -0.121. The highest BCUT2D eigenvalue weighted by Gasteiger charge is 2.06. The van der Waals surface area contributed by atoms with Gasteiger partial charge in [-0.3, -0.25) is 4.79 Å². The van der Waals surface area contributed by atoms with Crippen molar-refractivity contribution in [1.82, 2.24) is 15.1 Å². The van der Waals surface area contributed by atoms with Gasteiger partial charge in [0.05, 0.1) is 17.3 Å². The third kappa shape index (κ3) is 5.75. The average Bonchev–Trinajstić information content (AvgIpc) is 3.24. The van der Waals surface area contributed by atoms with Crippen molar-refractivity contribution < 1.29 is 9.53 Å². The van der Waals surface area contributed by atoms with Crippen molar-refractivity contribution >= 4 is 29.1 Å². The summed E-state index contributed by atoms with van der Waals surface area (Å²) in [6.45, 7) is 1.00. The number of nitrogens with one attached hydrogen (secondary N) is 1. The van der Waals surface area contributed by atoms with E-state index in [4.69, 9.17) is 27.9 Å². The van der Waals surface area contributed by atoms with E-state index < -0.39 is 0 Å². The molecule has 2 aromatic carbocycles. The van der Waals surface area contributed by atoms with Crippen molar-refractivity contribution in [3.8, 4) is 11.4 Å². The number of hydrogen-bond acceptors (Lipinski definition) is 3. The predicted molar refractivity (Wildman–Crippen MR) is 111 cm³/mol. The van der Waals surface area contributed by atoms with Crippen LogP contribution in [0.1, 0.15) is 18.4 Å². The summed E-state index contributed by atoms with van der Waals surface area (Å²) in [6.07, 6.45) is 5.43. The molecule has 3 aromatic rings. The van der Waals surface area contributed by atoms with Crippen LogP contribution in [-0.4, -0.2) is 28.8 Å². The van der Waals surface area contributed by atoms with Crippen LogP contribution < -0.4 is 10.1 Å². The maximum Gasteiger partial charge on any atom is 0.220 e. The number of hydrogen-bond donors (Lipinski definition) is 1. The van der Waals surface area contributed by atoms with Gasteiger partial charge in [-0.15, -0.1) is 0 Å². The summed E-state index contributed by atoms with van der Waals surface area (Å²) in [6, 6.07) is 15.2. The molecule has 0 unspecified atom stereocenters. The fraction of sp³-hybridized carbons (Fsp3) is 0.238. The second kappa shape index (κ2) is 10.2. The second-order valence-electron chi connectivity index (χ2n) is 6.22. The van der Waals surface area contributed by atoms with E-state index >= 15 is 0 Å². The third-order valence-electron chi connectivity index (χ3n) is 4.16. The molecule has 1 heterocycles. The lowest BCUT2D eigenvalue weighted by atomic mass is 10.1. The quantitative estimate of drug-likeness (QED) is 0.513. The summed E-state index contributed by atoms with van der Waals surface area (Å²) >= 11 is 12.0. The summed E-state index contributed by atoms with van der Waals surface area (Å²) in [7, 11) is 0. The standard InChI is InChI=1S/C21H21Cl2N3O2/c22-18-4-1-5-19(21(18)23)28-15-2-6-20(27)24-13-11-16-7-9-17(10-8-16)26-14-3-12-25-26/h1,3-5,7-10,12,14H,2,6,11,13,15H2,(H,24,27). The van der Waals surface area contributed by atoms with E-state index in [9.17, 15) is 4.79 Å². The molecular weight excluding hydrogens is 397 g/mol. The molecular formula is C21H21Cl2N3O2. The summed E-state index contributed by atoms with van der Waals surface area (Å²) in [4.78, 5) is 11.9. The molecule has 3 rings (SSSR count). The van der Waals surface area contributed by atoms with E-state index in [1.807, 2.05) is 41.2 Å². The van der Waals surface area contributed by atoms with Crippen molar-refractivity contribution in [2.24, 2.45) is 0 Å². The van der Waals surface area contributed by atoms with E-state index in [2.05, 4.69) is 10.4 Å². The number of amides is 1. The van der Waals surface area contributed by atoms with Crippen molar-refractivity contribution in [2.45, 2.75) is 19.3 Å². The van der Waals surface area contributed by atoms with Gasteiger partial charge in [-0.25, -0.2) is 4.68 Å². The zero-order valence-electron chi connectivity index (χ0n) is 15.3. The molecule has 0 radical (unpaired) electrons. The monoisotopic (exact) mass is 417 g/mol. The van der Waals surface area contributed by atoms with Gasteiger partial charge < -0.3 is 10.1 Å². The Morgan fingerprint density at radius 2 is 1.93 bits per heavy atom. The van der Waals surface area contributed by atoms with Gasteiger partial charge in [-0.05, 0) is 48.7 Å². The smallest absolute Gasteiger partial charge is 0.220 e. The van der Waals surface area contributed by atoms with Gasteiger partial charge in [0.15, 0.2) is 0 Å². The van der Waals surface area contributed by atoms with Crippen LogP contribution in [0.4, 0.5) is 0 Å². The number of carbonyl (C=O) groups excluding carboxylic acids is 1. The first-order valence-corrected chi connectivity index (χ1v) is 9.81. The molecule has 1 aromatic heterocycles. The van der Waals surface area contributed by atoms with Gasteiger partial charge in [0.2, 0.25) is 5.91 Å². The maximum atomic E-state index is 11.9. The second-order valence-corrected chi connectivity index (χ2v) is 7.01. The van der Waals surface area contributed by atoms with E-state index in [-0.39, 0.29) is 5.91 Å². The summed E-state index contributed by atoms with van der Waals surface area (Å²) < 4.78 is 7.39. The van der Waals surface area contributed by atoms with Crippen LogP contribution in [0.25, 0.3) is 5.69 Å². The van der Waals surface area contributed by atoms with Gasteiger partial charge in [0.1, 0.15) is 10.8 Å². The Hall–Kier alpha value is -2.50. The normalized spacial score (nSPS) is 10.6. The minimum atomic E-state index is 0.00829. The van der Waals surface area contributed by atoms with Gasteiger partial charge in [0, 0.05) is 25.4 Å². The van der Waals surface area contributed by atoms with E-state index in [0.717, 1.165) is 17.7 Å². The summed E-state index contributed by atoms with van der Waals surface area (Å²) in [5, 5.41) is 7.98. The van der Waals surface area contributed by atoms with E-state index in [1.54, 1.807) is 24.4 Å². The Morgan fingerprint density at radius 3 is 2.68 bits per heavy atom. The summed E-state index contributed by atoms with van der Waals surface area (Å²) in [5.41, 5.74) is 2.17. The number of halogens is 2. The van der Waals surface area contributed by atoms with Gasteiger partial charge in [0.25, 0.3) is 0 Å². The van der Waals surface area contributed by atoms with Crippen molar-refractivity contribution in [3.05, 3.63) is 76.5 Å². The number of ether oxygens (including phenoxy) is 1.